The average Bonchev–Trinajstić information content (AvgIpc) is 3.22. The quantitative estimate of drug-likeness (QED) is 0.250. The predicted molar refractivity (Wildman–Crippen MR) is 124 cm³/mol. The summed E-state index contributed by atoms with van der Waals surface area (Å²) in [6, 6.07) is 3.34. The van der Waals surface area contributed by atoms with Crippen molar-refractivity contribution < 1.29 is 40.6 Å². The van der Waals surface area contributed by atoms with Gasteiger partial charge in [-0.05, 0) is 56.3 Å². The van der Waals surface area contributed by atoms with Gasteiger partial charge in [0.05, 0.1) is 14.2 Å². The van der Waals surface area contributed by atoms with Gasteiger partial charge < -0.3 is 9.47 Å². The molecule has 2 aliphatic rings. The number of methoxy groups -OCH3 is 2. The number of rotatable bonds is 6. The molecule has 10 heteroatoms. The van der Waals surface area contributed by atoms with Crippen LogP contribution in [0.2, 0.25) is 0 Å². The van der Waals surface area contributed by atoms with Gasteiger partial charge in [-0.1, -0.05) is 12.8 Å². The molecule has 1 heterocycles. The molecule has 2 unspecified atom stereocenters. The molecule has 0 saturated carbocycles. The van der Waals surface area contributed by atoms with Gasteiger partial charge in [-0.15, -0.1) is 0 Å². The Morgan fingerprint density at radius 3 is 2.14 bits per heavy atom. The zero-order valence-corrected chi connectivity index (χ0v) is 20.7. The van der Waals surface area contributed by atoms with Gasteiger partial charge >= 0.3 is 0 Å². The summed E-state index contributed by atoms with van der Waals surface area (Å²) in [7, 11) is 2.96. The van der Waals surface area contributed by atoms with E-state index in [-0.39, 0.29) is 31.6 Å². The van der Waals surface area contributed by atoms with Crippen LogP contribution >= 0.6 is 0 Å². The molecule has 2 atom stereocenters. The molecule has 0 radical (unpaired) electrons. The highest BCUT2D eigenvalue weighted by Gasteiger charge is 2.40. The van der Waals surface area contributed by atoms with E-state index in [0.717, 1.165) is 5.56 Å². The Balaban J connectivity index is 1.50. The first kappa shape index (κ1) is 27.3. The lowest BCUT2D eigenvalue weighted by molar-refractivity contribution is 0.0694. The van der Waals surface area contributed by atoms with Crippen molar-refractivity contribution in [3.8, 4) is 11.5 Å². The van der Waals surface area contributed by atoms with Crippen LogP contribution in [0.15, 0.2) is 12.1 Å². The number of hydrogen-bond acceptors (Lipinski definition) is 4. The van der Waals surface area contributed by atoms with Crippen molar-refractivity contribution in [2.24, 2.45) is 5.92 Å². The number of carbonyl (C=O) groups excluding carboxylic acids is 1. The normalized spacial score (nSPS) is 22.8. The third kappa shape index (κ3) is 5.44. The first-order valence-corrected chi connectivity index (χ1v) is 12.3. The number of benzene rings is 2. The van der Waals surface area contributed by atoms with E-state index in [4.69, 9.17) is 9.47 Å². The van der Waals surface area contributed by atoms with Crippen molar-refractivity contribution in [2.45, 2.75) is 57.2 Å². The number of ether oxygens (including phenoxy) is 2. The van der Waals surface area contributed by atoms with Crippen LogP contribution in [-0.4, -0.2) is 43.7 Å². The molecule has 2 aromatic carbocycles. The maximum absolute atomic E-state index is 16.2. The van der Waals surface area contributed by atoms with E-state index in [9.17, 15) is 26.7 Å². The van der Waals surface area contributed by atoms with Gasteiger partial charge in [0.15, 0.2) is 40.6 Å². The second kappa shape index (κ2) is 10.9. The maximum atomic E-state index is 16.2. The predicted octanol–water partition coefficient (Wildman–Crippen LogP) is 6.32. The van der Waals surface area contributed by atoms with Crippen LogP contribution in [-0.2, 0) is 13.0 Å². The lowest BCUT2D eigenvalue weighted by Crippen LogP contribution is -2.34. The zero-order valence-electron chi connectivity index (χ0n) is 20.7. The van der Waals surface area contributed by atoms with Crippen molar-refractivity contribution in [2.75, 3.05) is 27.3 Å². The Hall–Kier alpha value is -2.75. The summed E-state index contributed by atoms with van der Waals surface area (Å²) < 4.78 is 96.1. The van der Waals surface area contributed by atoms with E-state index in [2.05, 4.69) is 0 Å². The Morgan fingerprint density at radius 1 is 0.865 bits per heavy atom. The van der Waals surface area contributed by atoms with Crippen molar-refractivity contribution in [1.82, 2.24) is 4.90 Å². The monoisotopic (exact) mass is 529 g/mol. The van der Waals surface area contributed by atoms with Crippen LogP contribution in [0, 0.1) is 35.0 Å². The van der Waals surface area contributed by atoms with E-state index in [0.29, 0.717) is 49.3 Å². The summed E-state index contributed by atoms with van der Waals surface area (Å²) in [5, 5.41) is 0. The molecule has 4 nitrogen and oxygen atoms in total. The first-order valence-electron chi connectivity index (χ1n) is 12.3. The number of carbonyl (C=O) groups is 1. The molecule has 37 heavy (non-hydrogen) atoms. The molecule has 0 bridgehead atoms. The Bertz CT molecular complexity index is 1160. The van der Waals surface area contributed by atoms with Gasteiger partial charge in [-0.3, -0.25) is 9.69 Å². The van der Waals surface area contributed by atoms with E-state index in [1.54, 1.807) is 12.1 Å². The molecule has 1 fully saturated rings. The van der Waals surface area contributed by atoms with Gasteiger partial charge in [-0.25, -0.2) is 26.3 Å². The fourth-order valence-electron chi connectivity index (χ4n) is 5.43. The van der Waals surface area contributed by atoms with Gasteiger partial charge in [-0.2, -0.15) is 0 Å². The van der Waals surface area contributed by atoms with Gasteiger partial charge in [0.1, 0.15) is 5.67 Å². The molecule has 1 aliphatic heterocycles. The van der Waals surface area contributed by atoms with Crippen molar-refractivity contribution in [3.63, 3.8) is 0 Å². The van der Waals surface area contributed by atoms with Crippen LogP contribution < -0.4 is 9.47 Å². The number of halogens is 6. The molecule has 0 spiro atoms. The maximum Gasteiger partial charge on any atom is 0.200 e. The summed E-state index contributed by atoms with van der Waals surface area (Å²) in [4.78, 5) is 14.6. The van der Waals surface area contributed by atoms with Gasteiger partial charge in [0, 0.05) is 30.1 Å². The van der Waals surface area contributed by atoms with Gasteiger partial charge in [0.2, 0.25) is 5.82 Å². The summed E-state index contributed by atoms with van der Waals surface area (Å²) in [5.41, 5.74) is -1.42. The van der Waals surface area contributed by atoms with Crippen LogP contribution in [0.25, 0.3) is 0 Å². The van der Waals surface area contributed by atoms with Crippen LogP contribution in [0.5, 0.6) is 11.5 Å². The van der Waals surface area contributed by atoms with E-state index < -0.39 is 52.8 Å². The molecular formula is C27H29F6NO3. The molecule has 2 aromatic rings. The standard InChI is InChI=1S/C27H29F6NO3/c1-36-19-11-15-10-16(26(35)17(15)12-20(19)37-2)13-27(33)6-4-3-5-8-34(9-7-27)14-18-21(28)23(30)25(32)24(31)22(18)29/h11-12,16H,3-10,13-14H2,1-2H3. The van der Waals surface area contributed by atoms with Crippen molar-refractivity contribution in [3.05, 3.63) is 57.9 Å². The Labute approximate surface area is 211 Å². The largest absolute Gasteiger partial charge is 0.493 e. The molecule has 4 rings (SSSR count). The fraction of sp³-hybridized carbons (Fsp3) is 0.519. The zero-order chi connectivity index (χ0) is 26.9. The van der Waals surface area contributed by atoms with Crippen LogP contribution in [0.3, 0.4) is 0 Å². The smallest absolute Gasteiger partial charge is 0.200 e. The lowest BCUT2D eigenvalue weighted by Gasteiger charge is -2.30. The second-order valence-electron chi connectivity index (χ2n) is 9.87. The first-order chi connectivity index (χ1) is 17.6. The summed E-state index contributed by atoms with van der Waals surface area (Å²) in [6.45, 7) is -0.163. The number of alkyl halides is 1. The van der Waals surface area contributed by atoms with Crippen LogP contribution in [0.1, 0.15) is 60.0 Å². The molecule has 202 valence electrons. The third-order valence-corrected chi connectivity index (χ3v) is 7.48. The number of hydrogen-bond donors (Lipinski definition) is 0. The molecule has 0 N–H and O–H groups in total. The number of fused-ring (bicyclic) bond motifs is 1. The minimum absolute atomic E-state index is 0.0263. The summed E-state index contributed by atoms with van der Waals surface area (Å²) in [6.07, 6.45) is 2.29. The summed E-state index contributed by atoms with van der Waals surface area (Å²) >= 11 is 0. The second-order valence-corrected chi connectivity index (χ2v) is 9.87. The molecular weight excluding hydrogens is 500 g/mol. The third-order valence-electron chi connectivity index (χ3n) is 7.48. The number of Topliss-reactive ketones (excluding diaryl/α,β-unsaturated/α-hetero) is 1. The highest BCUT2D eigenvalue weighted by atomic mass is 19.2. The van der Waals surface area contributed by atoms with Crippen LogP contribution in [0.4, 0.5) is 26.3 Å². The van der Waals surface area contributed by atoms with Crippen molar-refractivity contribution in [1.29, 1.82) is 0 Å². The highest BCUT2D eigenvalue weighted by Crippen LogP contribution is 2.42. The Kier molecular flexibility index (Phi) is 8.06. The minimum atomic E-state index is -2.21. The van der Waals surface area contributed by atoms with E-state index >= 15 is 4.39 Å². The van der Waals surface area contributed by atoms with E-state index in [1.807, 2.05) is 0 Å². The highest BCUT2D eigenvalue weighted by molar-refractivity contribution is 6.03. The lowest BCUT2D eigenvalue weighted by atomic mass is 9.83. The molecule has 1 saturated heterocycles. The average molecular weight is 530 g/mol. The minimum Gasteiger partial charge on any atom is -0.493 e. The van der Waals surface area contributed by atoms with Gasteiger partial charge in [0.25, 0.3) is 0 Å². The molecule has 1 aliphatic carbocycles. The molecule has 0 amide bonds. The number of ketones is 1. The summed E-state index contributed by atoms with van der Waals surface area (Å²) in [5.74, 6) is -9.80. The molecule has 0 aromatic heterocycles. The van der Waals surface area contributed by atoms with Crippen molar-refractivity contribution >= 4 is 5.78 Å². The fourth-order valence-corrected chi connectivity index (χ4v) is 5.43. The SMILES string of the molecule is COc1cc2c(cc1OC)C(=O)C(CC1(F)CCCCCN(Cc3c(F)c(F)c(F)c(F)c3F)CC1)C2. The van der Waals surface area contributed by atoms with E-state index in [1.165, 1.54) is 19.1 Å². The Morgan fingerprint density at radius 2 is 1.49 bits per heavy atom. The number of nitrogens with zero attached hydrogens (tertiary/aromatic N) is 1. The topological polar surface area (TPSA) is 38.8 Å².